The Morgan fingerprint density at radius 3 is 3.06 bits per heavy atom. The molecule has 3 aliphatic rings. The van der Waals surface area contributed by atoms with Gasteiger partial charge in [0.2, 0.25) is 0 Å². The van der Waals surface area contributed by atoms with E-state index in [1.165, 1.54) is 17.8 Å². The van der Waals surface area contributed by atoms with Crippen molar-refractivity contribution in [2.24, 2.45) is 0 Å². The van der Waals surface area contributed by atoms with Crippen LogP contribution in [0, 0.1) is 5.82 Å². The Balaban J connectivity index is 1.11. The molecule has 0 aliphatic carbocycles. The predicted molar refractivity (Wildman–Crippen MR) is 129 cm³/mol. The Kier molecular flexibility index (Phi) is 5.99. The highest BCUT2D eigenvalue weighted by atomic mass is 19.1. The number of nitrogens with zero attached hydrogens (tertiary/aromatic N) is 4. The van der Waals surface area contributed by atoms with Crippen LogP contribution in [0.1, 0.15) is 35.6 Å². The standard InChI is InChI=1S/C26H30FN5O3/c1-34-23-15-31(7-6-20(23)29-10-18-9-16-3-2-8-35-22(16)12-28-18)13-17-14-32-24(33)5-4-21-26(32)25(17)19(27)11-30-21/h4-5,9,11-12,17,20,23,29H,2-3,6-8,10,13-15H2,1H3/t17-,20-,23+/m0/s1. The van der Waals surface area contributed by atoms with E-state index < -0.39 is 0 Å². The molecule has 0 saturated carbocycles. The molecule has 1 fully saturated rings. The van der Waals surface area contributed by atoms with Gasteiger partial charge in [-0.15, -0.1) is 0 Å². The van der Waals surface area contributed by atoms with E-state index in [0.717, 1.165) is 50.4 Å². The van der Waals surface area contributed by atoms with Crippen molar-refractivity contribution >= 4 is 11.0 Å². The summed E-state index contributed by atoms with van der Waals surface area (Å²) in [5.41, 5.74) is 4.07. The van der Waals surface area contributed by atoms with Crippen molar-refractivity contribution in [3.05, 3.63) is 63.6 Å². The first-order valence-corrected chi connectivity index (χ1v) is 12.4. The molecule has 6 heterocycles. The quantitative estimate of drug-likeness (QED) is 0.581. The van der Waals surface area contributed by atoms with Gasteiger partial charge in [-0.05, 0) is 43.5 Å². The zero-order valence-electron chi connectivity index (χ0n) is 19.9. The Morgan fingerprint density at radius 1 is 1.26 bits per heavy atom. The lowest BCUT2D eigenvalue weighted by Crippen LogP contribution is -2.54. The molecule has 9 heteroatoms. The molecule has 35 heavy (non-hydrogen) atoms. The van der Waals surface area contributed by atoms with E-state index in [4.69, 9.17) is 9.47 Å². The topological polar surface area (TPSA) is 81.5 Å². The van der Waals surface area contributed by atoms with E-state index in [9.17, 15) is 9.18 Å². The fourth-order valence-corrected chi connectivity index (χ4v) is 5.86. The molecule has 3 aliphatic heterocycles. The minimum Gasteiger partial charge on any atom is -0.492 e. The van der Waals surface area contributed by atoms with Gasteiger partial charge in [0.25, 0.3) is 5.56 Å². The van der Waals surface area contributed by atoms with Crippen LogP contribution in [-0.2, 0) is 24.2 Å². The molecule has 0 aromatic carbocycles. The summed E-state index contributed by atoms with van der Waals surface area (Å²) in [6, 6.07) is 5.55. The summed E-state index contributed by atoms with van der Waals surface area (Å²) < 4.78 is 28.0. The van der Waals surface area contributed by atoms with Gasteiger partial charge in [-0.25, -0.2) is 4.39 Å². The molecule has 6 rings (SSSR count). The zero-order chi connectivity index (χ0) is 23.9. The Bertz CT molecular complexity index is 1310. The average Bonchev–Trinajstić information content (AvgIpc) is 3.27. The molecule has 3 atom stereocenters. The number of piperidine rings is 1. The third-order valence-corrected chi connectivity index (χ3v) is 7.63. The number of likely N-dealkylation sites (tertiary alicyclic amines) is 1. The third-order valence-electron chi connectivity index (χ3n) is 7.63. The largest absolute Gasteiger partial charge is 0.492 e. The molecule has 3 aromatic heterocycles. The Labute approximate surface area is 203 Å². The SMILES string of the molecule is CO[C@@H]1CN(C[C@H]2Cn3c(=O)ccc4ncc(F)c2c43)CC[C@@H]1NCc1cc2c(cn1)OCCC2. The van der Waals surface area contributed by atoms with E-state index in [1.807, 2.05) is 6.20 Å². The van der Waals surface area contributed by atoms with Crippen molar-refractivity contribution in [2.75, 3.05) is 33.4 Å². The number of pyridine rings is 3. The van der Waals surface area contributed by atoms with E-state index >= 15 is 0 Å². The smallest absolute Gasteiger partial charge is 0.251 e. The number of ether oxygens (including phenoxy) is 2. The van der Waals surface area contributed by atoms with Crippen molar-refractivity contribution in [3.8, 4) is 5.75 Å². The molecule has 3 aromatic rings. The van der Waals surface area contributed by atoms with Gasteiger partial charge in [-0.2, -0.15) is 0 Å². The maximum atomic E-state index is 14.8. The lowest BCUT2D eigenvalue weighted by Gasteiger charge is -2.39. The lowest BCUT2D eigenvalue weighted by atomic mass is 9.96. The number of fused-ring (bicyclic) bond motifs is 1. The van der Waals surface area contributed by atoms with Gasteiger partial charge in [-0.1, -0.05) is 0 Å². The highest BCUT2D eigenvalue weighted by Gasteiger charge is 2.34. The molecule has 184 valence electrons. The van der Waals surface area contributed by atoms with Crippen LogP contribution in [0.25, 0.3) is 11.0 Å². The summed E-state index contributed by atoms with van der Waals surface area (Å²) in [7, 11) is 1.74. The summed E-state index contributed by atoms with van der Waals surface area (Å²) >= 11 is 0. The number of halogens is 1. The monoisotopic (exact) mass is 479 g/mol. The average molecular weight is 480 g/mol. The molecule has 8 nitrogen and oxygen atoms in total. The number of methoxy groups -OCH3 is 1. The fourth-order valence-electron chi connectivity index (χ4n) is 5.86. The van der Waals surface area contributed by atoms with Crippen LogP contribution in [0.2, 0.25) is 0 Å². The van der Waals surface area contributed by atoms with Gasteiger partial charge in [0.1, 0.15) is 11.6 Å². The molecule has 1 N–H and O–H groups in total. The minimum atomic E-state index is -0.331. The second-order valence-electron chi connectivity index (χ2n) is 9.78. The predicted octanol–water partition coefficient (Wildman–Crippen LogP) is 2.23. The van der Waals surface area contributed by atoms with Crippen molar-refractivity contribution < 1.29 is 13.9 Å². The first kappa shape index (κ1) is 22.6. The van der Waals surface area contributed by atoms with Crippen molar-refractivity contribution in [1.82, 2.24) is 24.8 Å². The number of hydrogen-bond acceptors (Lipinski definition) is 7. The maximum absolute atomic E-state index is 14.8. The van der Waals surface area contributed by atoms with Gasteiger partial charge in [-0.3, -0.25) is 19.7 Å². The number of rotatable bonds is 6. The third kappa shape index (κ3) is 4.22. The van der Waals surface area contributed by atoms with Crippen molar-refractivity contribution in [1.29, 1.82) is 0 Å². The lowest BCUT2D eigenvalue weighted by molar-refractivity contribution is 0.00324. The fraction of sp³-hybridized carbons (Fsp3) is 0.500. The van der Waals surface area contributed by atoms with E-state index in [1.54, 1.807) is 17.7 Å². The molecular weight excluding hydrogens is 449 g/mol. The molecule has 0 unspecified atom stereocenters. The van der Waals surface area contributed by atoms with Crippen LogP contribution < -0.4 is 15.6 Å². The van der Waals surface area contributed by atoms with Gasteiger partial charge in [0.15, 0.2) is 0 Å². The van der Waals surface area contributed by atoms with Crippen LogP contribution >= 0.6 is 0 Å². The Morgan fingerprint density at radius 2 is 2.17 bits per heavy atom. The zero-order valence-corrected chi connectivity index (χ0v) is 19.9. The molecule has 1 saturated heterocycles. The number of nitrogens with one attached hydrogen (secondary N) is 1. The number of aryl methyl sites for hydroxylation is 1. The molecule has 0 spiro atoms. The molecule has 0 amide bonds. The first-order valence-electron chi connectivity index (χ1n) is 12.4. The van der Waals surface area contributed by atoms with Crippen LogP contribution in [0.3, 0.4) is 0 Å². The maximum Gasteiger partial charge on any atom is 0.251 e. The number of hydrogen-bond donors (Lipinski definition) is 1. The second kappa shape index (κ2) is 9.29. The van der Waals surface area contributed by atoms with Gasteiger partial charge in [0.05, 0.1) is 41.8 Å². The van der Waals surface area contributed by atoms with Gasteiger partial charge in [0, 0.05) is 56.9 Å². The molecule has 0 bridgehead atoms. The summed E-state index contributed by atoms with van der Waals surface area (Å²) in [5.74, 6) is 0.490. The van der Waals surface area contributed by atoms with E-state index in [0.29, 0.717) is 36.2 Å². The summed E-state index contributed by atoms with van der Waals surface area (Å²) in [6.45, 7) is 4.23. The minimum absolute atomic E-state index is 0.0125. The first-order chi connectivity index (χ1) is 17.1. The summed E-state index contributed by atoms with van der Waals surface area (Å²) in [5, 5.41) is 3.64. The van der Waals surface area contributed by atoms with Crippen molar-refractivity contribution in [2.45, 2.75) is 50.4 Å². The highest BCUT2D eigenvalue weighted by molar-refractivity contribution is 5.80. The summed E-state index contributed by atoms with van der Waals surface area (Å²) in [4.78, 5) is 23.5. The van der Waals surface area contributed by atoms with Crippen molar-refractivity contribution in [3.63, 3.8) is 0 Å². The van der Waals surface area contributed by atoms with Crippen LogP contribution in [-0.4, -0.2) is 64.9 Å². The molecule has 0 radical (unpaired) electrons. The van der Waals surface area contributed by atoms with E-state index in [-0.39, 0.29) is 29.4 Å². The van der Waals surface area contributed by atoms with Crippen LogP contribution in [0.15, 0.2) is 35.4 Å². The van der Waals surface area contributed by atoms with Gasteiger partial charge < -0.3 is 19.4 Å². The Hall–Kier alpha value is -2.88. The molecular formula is C26H30FN5O3. The second-order valence-corrected chi connectivity index (χ2v) is 9.78. The van der Waals surface area contributed by atoms with Crippen LogP contribution in [0.4, 0.5) is 4.39 Å². The van der Waals surface area contributed by atoms with Crippen LogP contribution in [0.5, 0.6) is 5.75 Å². The highest BCUT2D eigenvalue weighted by Crippen LogP contribution is 2.34. The summed E-state index contributed by atoms with van der Waals surface area (Å²) in [6.07, 6.45) is 6.12. The van der Waals surface area contributed by atoms with E-state index in [2.05, 4.69) is 26.3 Å². The number of aromatic nitrogens is 3. The normalized spacial score (nSPS) is 23.9. The van der Waals surface area contributed by atoms with Gasteiger partial charge >= 0.3 is 0 Å².